The van der Waals surface area contributed by atoms with Gasteiger partial charge in [-0.3, -0.25) is 4.79 Å². The van der Waals surface area contributed by atoms with E-state index >= 15 is 0 Å². The van der Waals surface area contributed by atoms with Crippen molar-refractivity contribution in [2.75, 3.05) is 0 Å². The molecule has 0 aliphatic heterocycles. The quantitative estimate of drug-likeness (QED) is 0.472. The number of fused-ring (bicyclic) bond motifs is 7. The van der Waals surface area contributed by atoms with Crippen LogP contribution in [0.4, 0.5) is 0 Å². The van der Waals surface area contributed by atoms with Crippen LogP contribution in [-0.2, 0) is 4.79 Å². The van der Waals surface area contributed by atoms with Crippen LogP contribution in [0.15, 0.2) is 11.6 Å². The maximum Gasteiger partial charge on any atom is 0.310 e. The summed E-state index contributed by atoms with van der Waals surface area (Å²) in [5.74, 6) is 1.98. The minimum Gasteiger partial charge on any atom is -0.481 e. The number of allylic oxidation sites excluding steroid dienone is 2. The Morgan fingerprint density at radius 3 is 2.45 bits per heavy atom. The number of rotatable bonds is 1. The number of carboxylic acids is 1. The minimum absolute atomic E-state index is 0.106. The van der Waals surface area contributed by atoms with E-state index in [0.29, 0.717) is 29.1 Å². The fourth-order valence-electron chi connectivity index (χ4n) is 9.99. The predicted molar refractivity (Wildman–Crippen MR) is 123 cm³/mol. The van der Waals surface area contributed by atoms with Crippen LogP contribution in [0.5, 0.6) is 0 Å². The van der Waals surface area contributed by atoms with Crippen molar-refractivity contribution in [1.82, 2.24) is 0 Å². The van der Waals surface area contributed by atoms with Crippen LogP contribution in [-0.4, -0.2) is 22.3 Å². The second kappa shape index (κ2) is 6.84. The maximum atomic E-state index is 12.7. The molecule has 0 aromatic carbocycles. The molecule has 174 valence electrons. The third kappa shape index (κ3) is 2.65. The fraction of sp³-hybridized carbons (Fsp3) is 0.893. The van der Waals surface area contributed by atoms with Crippen LogP contribution in [0.1, 0.15) is 98.8 Å². The SMILES string of the molecule is CC1CCC2(C(=O)O)CCC3(C)C(=CCC4C5(C)CCC(O)CC5CCC43C)C2C1C. The van der Waals surface area contributed by atoms with E-state index in [2.05, 4.69) is 40.7 Å². The molecule has 0 saturated heterocycles. The van der Waals surface area contributed by atoms with Crippen molar-refractivity contribution in [2.24, 2.45) is 51.2 Å². The van der Waals surface area contributed by atoms with E-state index in [4.69, 9.17) is 0 Å². The van der Waals surface area contributed by atoms with E-state index in [1.807, 2.05) is 0 Å². The molecular weight excluding hydrogens is 384 g/mol. The first-order chi connectivity index (χ1) is 14.5. The first-order valence-corrected chi connectivity index (χ1v) is 13.1. The molecule has 0 heterocycles. The van der Waals surface area contributed by atoms with E-state index in [0.717, 1.165) is 51.4 Å². The molecule has 5 aliphatic carbocycles. The Bertz CT molecular complexity index is 802. The minimum atomic E-state index is -0.545. The Hall–Kier alpha value is -0.830. The molecule has 0 radical (unpaired) electrons. The van der Waals surface area contributed by atoms with Crippen molar-refractivity contribution >= 4 is 5.97 Å². The Kier molecular flexibility index (Phi) is 4.85. The first kappa shape index (κ1) is 22.0. The lowest BCUT2D eigenvalue weighted by Gasteiger charge is -2.69. The van der Waals surface area contributed by atoms with Crippen LogP contribution in [0.2, 0.25) is 0 Å². The monoisotopic (exact) mass is 428 g/mol. The van der Waals surface area contributed by atoms with Crippen molar-refractivity contribution in [3.05, 3.63) is 11.6 Å². The topological polar surface area (TPSA) is 57.5 Å². The average Bonchev–Trinajstić information content (AvgIpc) is 2.72. The number of carboxylic acid groups (broad SMARTS) is 1. The van der Waals surface area contributed by atoms with Crippen molar-refractivity contribution in [2.45, 2.75) is 105 Å². The zero-order valence-electron chi connectivity index (χ0n) is 20.4. The van der Waals surface area contributed by atoms with E-state index in [-0.39, 0.29) is 22.9 Å². The van der Waals surface area contributed by atoms with Gasteiger partial charge in [0.15, 0.2) is 0 Å². The third-order valence-corrected chi connectivity index (χ3v) is 12.5. The number of aliphatic carboxylic acids is 1. The van der Waals surface area contributed by atoms with E-state index in [9.17, 15) is 15.0 Å². The number of carbonyl (C=O) groups is 1. The van der Waals surface area contributed by atoms with Gasteiger partial charge in [0.25, 0.3) is 0 Å². The molecule has 0 aromatic rings. The summed E-state index contributed by atoms with van der Waals surface area (Å²) in [5.41, 5.74) is 1.63. The van der Waals surface area contributed by atoms with Crippen molar-refractivity contribution in [3.8, 4) is 0 Å². The second-order valence-electron chi connectivity index (χ2n) is 13.2. The van der Waals surface area contributed by atoms with Crippen LogP contribution >= 0.6 is 0 Å². The molecule has 10 atom stereocenters. The summed E-state index contributed by atoms with van der Waals surface area (Å²) < 4.78 is 0. The van der Waals surface area contributed by atoms with Gasteiger partial charge in [-0.05, 0) is 110 Å². The summed E-state index contributed by atoms with van der Waals surface area (Å²) in [6.45, 7) is 12.3. The largest absolute Gasteiger partial charge is 0.481 e. The zero-order chi connectivity index (χ0) is 22.4. The fourth-order valence-corrected chi connectivity index (χ4v) is 9.99. The Labute approximate surface area is 189 Å². The van der Waals surface area contributed by atoms with Gasteiger partial charge in [0, 0.05) is 0 Å². The molecule has 31 heavy (non-hydrogen) atoms. The van der Waals surface area contributed by atoms with E-state index in [1.54, 1.807) is 0 Å². The Morgan fingerprint density at radius 1 is 1.00 bits per heavy atom. The van der Waals surface area contributed by atoms with Crippen molar-refractivity contribution in [3.63, 3.8) is 0 Å². The van der Waals surface area contributed by atoms with Gasteiger partial charge in [0.1, 0.15) is 0 Å². The van der Waals surface area contributed by atoms with Gasteiger partial charge in [-0.2, -0.15) is 0 Å². The van der Waals surface area contributed by atoms with Crippen molar-refractivity contribution < 1.29 is 15.0 Å². The van der Waals surface area contributed by atoms with Gasteiger partial charge >= 0.3 is 5.97 Å². The van der Waals surface area contributed by atoms with Gasteiger partial charge in [-0.25, -0.2) is 0 Å². The summed E-state index contributed by atoms with van der Waals surface area (Å²) in [6, 6.07) is 0. The van der Waals surface area contributed by atoms with E-state index < -0.39 is 11.4 Å². The second-order valence-corrected chi connectivity index (χ2v) is 13.2. The lowest BCUT2D eigenvalue weighted by molar-refractivity contribution is -0.181. The van der Waals surface area contributed by atoms with Crippen molar-refractivity contribution in [1.29, 1.82) is 0 Å². The highest BCUT2D eigenvalue weighted by Gasteiger charge is 2.68. The van der Waals surface area contributed by atoms with Crippen LogP contribution in [0, 0.1) is 51.2 Å². The van der Waals surface area contributed by atoms with Gasteiger partial charge in [0.2, 0.25) is 0 Å². The number of hydrogen-bond acceptors (Lipinski definition) is 2. The molecule has 0 spiro atoms. The first-order valence-electron chi connectivity index (χ1n) is 13.1. The highest BCUT2D eigenvalue weighted by molar-refractivity contribution is 5.76. The molecule has 0 bridgehead atoms. The predicted octanol–water partition coefficient (Wildman–Crippen LogP) is 6.45. The van der Waals surface area contributed by atoms with Crippen LogP contribution in [0.25, 0.3) is 0 Å². The number of aliphatic hydroxyl groups excluding tert-OH is 1. The molecular formula is C28H44O3. The van der Waals surface area contributed by atoms with Gasteiger partial charge in [0.05, 0.1) is 11.5 Å². The molecule has 4 saturated carbocycles. The summed E-state index contributed by atoms with van der Waals surface area (Å²) in [5, 5.41) is 20.8. The summed E-state index contributed by atoms with van der Waals surface area (Å²) >= 11 is 0. The summed E-state index contributed by atoms with van der Waals surface area (Å²) in [7, 11) is 0. The maximum absolute atomic E-state index is 12.7. The number of hydrogen-bond donors (Lipinski definition) is 2. The molecule has 0 amide bonds. The molecule has 2 N–H and O–H groups in total. The van der Waals surface area contributed by atoms with E-state index in [1.165, 1.54) is 18.4 Å². The number of aliphatic hydroxyl groups is 1. The average molecular weight is 429 g/mol. The van der Waals surface area contributed by atoms with Gasteiger partial charge in [-0.1, -0.05) is 46.3 Å². The zero-order valence-corrected chi connectivity index (χ0v) is 20.4. The highest BCUT2D eigenvalue weighted by atomic mass is 16.4. The Balaban J connectivity index is 1.60. The molecule has 5 rings (SSSR count). The van der Waals surface area contributed by atoms with Gasteiger partial charge < -0.3 is 10.2 Å². The lowest BCUT2D eigenvalue weighted by Crippen LogP contribution is -2.63. The molecule has 0 aromatic heterocycles. The Morgan fingerprint density at radius 2 is 1.74 bits per heavy atom. The normalized spacial score (nSPS) is 56.4. The molecule has 4 fully saturated rings. The molecule has 10 unspecified atom stereocenters. The van der Waals surface area contributed by atoms with Crippen LogP contribution < -0.4 is 0 Å². The van der Waals surface area contributed by atoms with Gasteiger partial charge in [-0.15, -0.1) is 0 Å². The molecule has 3 nitrogen and oxygen atoms in total. The molecule has 5 aliphatic rings. The summed E-state index contributed by atoms with van der Waals surface area (Å²) in [6.07, 6.45) is 12.9. The molecule has 3 heteroatoms. The smallest absolute Gasteiger partial charge is 0.310 e. The third-order valence-electron chi connectivity index (χ3n) is 12.5. The standard InChI is InChI=1S/C28H44O3/c1-17-8-13-28(24(30)31)15-14-26(4)21(23(28)18(17)2)6-7-22-25(3)11-10-20(29)16-19(25)9-12-27(22,26)5/h6,17-20,22-23,29H,7-16H2,1-5H3,(H,30,31). The lowest BCUT2D eigenvalue weighted by atomic mass is 9.34. The summed E-state index contributed by atoms with van der Waals surface area (Å²) in [4.78, 5) is 12.7. The highest BCUT2D eigenvalue weighted by Crippen LogP contribution is 2.74. The van der Waals surface area contributed by atoms with Crippen LogP contribution in [0.3, 0.4) is 0 Å².